The van der Waals surface area contributed by atoms with E-state index < -0.39 is 6.10 Å². The van der Waals surface area contributed by atoms with Crippen molar-refractivity contribution < 1.29 is 9.53 Å². The van der Waals surface area contributed by atoms with Gasteiger partial charge in [-0.25, -0.2) is 0 Å². The summed E-state index contributed by atoms with van der Waals surface area (Å²) in [5.74, 6) is 0.492. The monoisotopic (exact) mass is 279 g/mol. The van der Waals surface area contributed by atoms with Gasteiger partial charge in [0.25, 0.3) is 5.91 Å². The molecule has 1 rings (SSSR count). The Morgan fingerprint density at radius 3 is 2.55 bits per heavy atom. The van der Waals surface area contributed by atoms with Gasteiger partial charge in [0, 0.05) is 24.2 Å². The number of amides is 1. The summed E-state index contributed by atoms with van der Waals surface area (Å²) in [5, 5.41) is 2.83. The first-order valence-corrected chi connectivity index (χ1v) is 6.98. The molecule has 20 heavy (non-hydrogen) atoms. The van der Waals surface area contributed by atoms with Crippen LogP contribution in [0, 0.1) is 6.92 Å². The van der Waals surface area contributed by atoms with Crippen LogP contribution in [0.15, 0.2) is 12.1 Å². The second-order valence-corrected chi connectivity index (χ2v) is 5.50. The van der Waals surface area contributed by atoms with Crippen LogP contribution >= 0.6 is 0 Å². The van der Waals surface area contributed by atoms with Gasteiger partial charge in [-0.15, -0.1) is 0 Å². The fourth-order valence-electron chi connectivity index (χ4n) is 1.80. The topological polar surface area (TPSA) is 77.2 Å². The van der Waals surface area contributed by atoms with Crippen LogP contribution in [0.4, 0.5) is 0 Å². The highest BCUT2D eigenvalue weighted by atomic mass is 16.5. The molecule has 2 atom stereocenters. The number of nitrogens with one attached hydrogen (secondary N) is 1. The van der Waals surface area contributed by atoms with Gasteiger partial charge < -0.3 is 15.8 Å². The van der Waals surface area contributed by atoms with E-state index in [0.717, 1.165) is 11.4 Å². The van der Waals surface area contributed by atoms with E-state index in [1.54, 1.807) is 6.92 Å². The molecule has 0 aromatic carbocycles. The lowest BCUT2D eigenvalue weighted by molar-refractivity contribution is -0.127. The molecule has 0 aliphatic rings. The highest BCUT2D eigenvalue weighted by molar-refractivity contribution is 5.80. The van der Waals surface area contributed by atoms with Gasteiger partial charge in [0.05, 0.1) is 5.69 Å². The molecule has 0 spiro atoms. The summed E-state index contributed by atoms with van der Waals surface area (Å²) < 4.78 is 5.73. The van der Waals surface area contributed by atoms with Gasteiger partial charge in [-0.3, -0.25) is 9.78 Å². The zero-order valence-electron chi connectivity index (χ0n) is 12.9. The van der Waals surface area contributed by atoms with Gasteiger partial charge in [0.2, 0.25) is 0 Å². The molecule has 1 aromatic heterocycles. The SMILES string of the molecule is Cc1ccc(OC(C)C(=O)NC(C)C)c(CC(C)N)n1. The molecule has 0 bridgehead atoms. The van der Waals surface area contributed by atoms with E-state index in [1.807, 2.05) is 39.8 Å². The maximum atomic E-state index is 11.9. The second-order valence-electron chi connectivity index (χ2n) is 5.50. The lowest BCUT2D eigenvalue weighted by Gasteiger charge is -2.19. The van der Waals surface area contributed by atoms with Crippen LogP contribution in [-0.2, 0) is 11.2 Å². The average Bonchev–Trinajstić information content (AvgIpc) is 2.30. The van der Waals surface area contributed by atoms with Crippen LogP contribution in [0.2, 0.25) is 0 Å². The Labute approximate surface area is 120 Å². The van der Waals surface area contributed by atoms with Crippen molar-refractivity contribution in [1.29, 1.82) is 0 Å². The molecule has 0 aliphatic heterocycles. The number of aryl methyl sites for hydroxylation is 1. The van der Waals surface area contributed by atoms with E-state index in [9.17, 15) is 4.79 Å². The number of pyridine rings is 1. The predicted octanol–water partition coefficient (Wildman–Crippen LogP) is 1.57. The van der Waals surface area contributed by atoms with Gasteiger partial charge in [-0.1, -0.05) is 0 Å². The fourth-order valence-corrected chi connectivity index (χ4v) is 1.80. The van der Waals surface area contributed by atoms with E-state index in [4.69, 9.17) is 10.5 Å². The molecule has 2 unspecified atom stereocenters. The summed E-state index contributed by atoms with van der Waals surface area (Å²) in [7, 11) is 0. The molecule has 0 radical (unpaired) electrons. The quantitative estimate of drug-likeness (QED) is 0.828. The van der Waals surface area contributed by atoms with Crippen molar-refractivity contribution >= 4 is 5.91 Å². The second kappa shape index (κ2) is 7.24. The third-order valence-corrected chi connectivity index (χ3v) is 2.69. The van der Waals surface area contributed by atoms with Crippen molar-refractivity contribution in [1.82, 2.24) is 10.3 Å². The minimum absolute atomic E-state index is 0.00792. The van der Waals surface area contributed by atoms with E-state index in [1.165, 1.54) is 0 Å². The predicted molar refractivity (Wildman–Crippen MR) is 79.7 cm³/mol. The Bertz CT molecular complexity index is 458. The Balaban J connectivity index is 2.83. The van der Waals surface area contributed by atoms with Crippen molar-refractivity contribution in [2.24, 2.45) is 5.73 Å². The molecule has 112 valence electrons. The number of carbonyl (C=O) groups is 1. The van der Waals surface area contributed by atoms with Crippen molar-refractivity contribution in [2.45, 2.75) is 59.2 Å². The third-order valence-electron chi connectivity index (χ3n) is 2.69. The number of hydrogen-bond acceptors (Lipinski definition) is 4. The van der Waals surface area contributed by atoms with Crippen molar-refractivity contribution in [3.8, 4) is 5.75 Å². The molecule has 1 heterocycles. The molecule has 0 saturated carbocycles. The van der Waals surface area contributed by atoms with E-state index in [-0.39, 0.29) is 18.0 Å². The standard InChI is InChI=1S/C15H25N3O2/c1-9(2)17-15(19)12(5)20-14-7-6-11(4)18-13(14)8-10(3)16/h6-7,9-10,12H,8,16H2,1-5H3,(H,17,19). The normalized spacial score (nSPS) is 13.9. The van der Waals surface area contributed by atoms with E-state index in [2.05, 4.69) is 10.3 Å². The molecule has 1 aromatic rings. The fraction of sp³-hybridized carbons (Fsp3) is 0.600. The summed E-state index contributed by atoms with van der Waals surface area (Å²) in [6, 6.07) is 3.80. The third kappa shape index (κ3) is 5.17. The number of aromatic nitrogens is 1. The Morgan fingerprint density at radius 2 is 2.00 bits per heavy atom. The first-order chi connectivity index (χ1) is 9.29. The Hall–Kier alpha value is -1.62. The molecule has 0 saturated heterocycles. The Morgan fingerprint density at radius 1 is 1.35 bits per heavy atom. The summed E-state index contributed by atoms with van der Waals surface area (Å²) >= 11 is 0. The summed E-state index contributed by atoms with van der Waals surface area (Å²) in [4.78, 5) is 16.3. The first kappa shape index (κ1) is 16.4. The minimum Gasteiger partial charge on any atom is -0.479 e. The van der Waals surface area contributed by atoms with Crippen LogP contribution in [0.5, 0.6) is 5.75 Å². The summed E-state index contributed by atoms with van der Waals surface area (Å²) in [5.41, 5.74) is 7.53. The van der Waals surface area contributed by atoms with Gasteiger partial charge in [0.15, 0.2) is 6.10 Å². The zero-order valence-corrected chi connectivity index (χ0v) is 12.9. The van der Waals surface area contributed by atoms with Crippen molar-refractivity contribution in [3.63, 3.8) is 0 Å². The van der Waals surface area contributed by atoms with E-state index in [0.29, 0.717) is 12.2 Å². The average molecular weight is 279 g/mol. The molecule has 0 fully saturated rings. The molecule has 5 heteroatoms. The zero-order chi connectivity index (χ0) is 15.3. The molecule has 1 amide bonds. The molecule has 5 nitrogen and oxygen atoms in total. The molecular weight excluding hydrogens is 254 g/mol. The van der Waals surface area contributed by atoms with Gasteiger partial charge >= 0.3 is 0 Å². The van der Waals surface area contributed by atoms with Crippen molar-refractivity contribution in [2.75, 3.05) is 0 Å². The number of carbonyl (C=O) groups excluding carboxylic acids is 1. The van der Waals surface area contributed by atoms with Crippen LogP contribution in [0.1, 0.15) is 39.1 Å². The lowest BCUT2D eigenvalue weighted by atomic mass is 10.1. The largest absolute Gasteiger partial charge is 0.479 e. The van der Waals surface area contributed by atoms with E-state index >= 15 is 0 Å². The van der Waals surface area contributed by atoms with Gasteiger partial charge in [-0.2, -0.15) is 0 Å². The highest BCUT2D eigenvalue weighted by Crippen LogP contribution is 2.20. The number of hydrogen-bond donors (Lipinski definition) is 2. The lowest BCUT2D eigenvalue weighted by Crippen LogP contribution is -2.40. The Kier molecular flexibility index (Phi) is 5.95. The van der Waals surface area contributed by atoms with Crippen LogP contribution in [0.3, 0.4) is 0 Å². The molecular formula is C15H25N3O2. The van der Waals surface area contributed by atoms with Gasteiger partial charge in [0.1, 0.15) is 5.75 Å². The first-order valence-electron chi connectivity index (χ1n) is 6.98. The minimum atomic E-state index is -0.561. The number of nitrogens with zero attached hydrogens (tertiary/aromatic N) is 1. The number of nitrogens with two attached hydrogens (primary N) is 1. The van der Waals surface area contributed by atoms with Crippen LogP contribution < -0.4 is 15.8 Å². The number of ether oxygens (including phenoxy) is 1. The summed E-state index contributed by atoms with van der Waals surface area (Å²) in [6.45, 7) is 9.40. The maximum Gasteiger partial charge on any atom is 0.260 e. The van der Waals surface area contributed by atoms with Crippen LogP contribution in [-0.4, -0.2) is 29.1 Å². The number of rotatable bonds is 6. The molecule has 0 aliphatic carbocycles. The molecule has 3 N–H and O–H groups in total. The van der Waals surface area contributed by atoms with Crippen molar-refractivity contribution in [3.05, 3.63) is 23.5 Å². The maximum absolute atomic E-state index is 11.9. The van der Waals surface area contributed by atoms with Crippen LogP contribution in [0.25, 0.3) is 0 Å². The highest BCUT2D eigenvalue weighted by Gasteiger charge is 2.18. The summed E-state index contributed by atoms with van der Waals surface area (Å²) in [6.07, 6.45) is 0.0592. The van der Waals surface area contributed by atoms with Gasteiger partial charge in [-0.05, 0) is 46.8 Å². The smallest absolute Gasteiger partial charge is 0.260 e.